The molecule has 2 heterocycles. The summed E-state index contributed by atoms with van der Waals surface area (Å²) in [6.45, 7) is 0. The van der Waals surface area contributed by atoms with Crippen LogP contribution in [0.4, 0.5) is 0 Å². The topological polar surface area (TPSA) is 0 Å². The van der Waals surface area contributed by atoms with E-state index in [2.05, 4.69) is 194 Å². The Labute approximate surface area is 387 Å². The van der Waals surface area contributed by atoms with E-state index < -0.39 is 40.9 Å². The predicted molar refractivity (Wildman–Crippen MR) is 278 cm³/mol. The van der Waals surface area contributed by atoms with Gasteiger partial charge in [0.05, 0.1) is 0 Å². The van der Waals surface area contributed by atoms with Crippen LogP contribution in [0.1, 0.15) is 0 Å². The Hall–Kier alpha value is -6.48. The van der Waals surface area contributed by atoms with Gasteiger partial charge in [-0.25, -0.2) is 0 Å². The van der Waals surface area contributed by atoms with Crippen LogP contribution >= 0.6 is 0 Å². The van der Waals surface area contributed by atoms with E-state index in [9.17, 15) is 0 Å². The predicted octanol–water partition coefficient (Wildman–Crippen LogP) is 16.8. The van der Waals surface area contributed by atoms with Crippen molar-refractivity contribution in [1.29, 1.82) is 0 Å². The Balaban J connectivity index is 1.11. The number of hydrogen-bond donors (Lipinski definition) is 0. The van der Waals surface area contributed by atoms with Crippen LogP contribution in [0, 0.1) is 0 Å². The molecule has 0 N–H and O–H groups in total. The van der Waals surface area contributed by atoms with Crippen molar-refractivity contribution < 1.29 is 0 Å². The molecule has 0 atom stereocenters. The molecule has 12 aromatic carbocycles. The molecule has 0 bridgehead atoms. The summed E-state index contributed by atoms with van der Waals surface area (Å²) >= 11 is -1.19. The average molecular weight is 1030 g/mol. The monoisotopic (exact) mass is 1040 g/mol. The van der Waals surface area contributed by atoms with Crippen LogP contribution in [0.5, 0.6) is 0 Å². The van der Waals surface area contributed by atoms with Crippen molar-refractivity contribution in [3.05, 3.63) is 194 Å². The molecule has 2 aliphatic rings. The molecule has 0 unspecified atom stereocenters. The molecule has 0 aliphatic heterocycles. The number of rotatable bonds is 2. The zero-order valence-corrected chi connectivity index (χ0v) is 39.0. The normalized spacial score (nSPS) is 12.7. The minimum atomic E-state index is -0.595. The molecular formula is C62H32Te2. The van der Waals surface area contributed by atoms with Crippen molar-refractivity contribution in [2.75, 3.05) is 0 Å². The van der Waals surface area contributed by atoms with Gasteiger partial charge in [0.25, 0.3) is 0 Å². The Kier molecular flexibility index (Phi) is 6.89. The second kappa shape index (κ2) is 12.6. The first-order valence-electron chi connectivity index (χ1n) is 22.1. The van der Waals surface area contributed by atoms with Gasteiger partial charge in [-0.05, 0) is 0 Å². The third-order valence-electron chi connectivity index (χ3n) is 14.7. The maximum atomic E-state index is 2.61. The van der Waals surface area contributed by atoms with Gasteiger partial charge in [-0.2, -0.15) is 0 Å². The van der Waals surface area contributed by atoms with E-state index in [0.717, 1.165) is 0 Å². The molecule has 14 aromatic rings. The fraction of sp³-hybridized carbons (Fsp3) is 0. The summed E-state index contributed by atoms with van der Waals surface area (Å²) in [7, 11) is 0. The van der Waals surface area contributed by atoms with Gasteiger partial charge < -0.3 is 0 Å². The first-order valence-corrected chi connectivity index (χ1v) is 26.8. The summed E-state index contributed by atoms with van der Waals surface area (Å²) in [4.78, 5) is 0. The summed E-state index contributed by atoms with van der Waals surface area (Å²) in [5.41, 5.74) is 16.3. The van der Waals surface area contributed by atoms with Crippen LogP contribution in [-0.2, 0) is 0 Å². The Morgan fingerprint density at radius 1 is 0.203 bits per heavy atom. The molecular weight excluding hydrogens is 1000 g/mol. The van der Waals surface area contributed by atoms with Crippen LogP contribution in [0.15, 0.2) is 194 Å². The zero-order valence-electron chi connectivity index (χ0n) is 34.3. The Bertz CT molecular complexity index is 4180. The van der Waals surface area contributed by atoms with E-state index in [1.165, 1.54) is 142 Å². The summed E-state index contributed by atoms with van der Waals surface area (Å²) in [6.07, 6.45) is 0. The van der Waals surface area contributed by atoms with Crippen LogP contribution < -0.4 is 0 Å². The number of benzene rings is 12. The number of fused-ring (bicyclic) bond motifs is 17. The molecule has 2 heteroatoms. The van der Waals surface area contributed by atoms with E-state index in [0.29, 0.717) is 0 Å². The van der Waals surface area contributed by atoms with Crippen molar-refractivity contribution in [2.24, 2.45) is 0 Å². The first-order chi connectivity index (χ1) is 31.7. The molecule has 64 heavy (non-hydrogen) atoms. The summed E-state index contributed by atoms with van der Waals surface area (Å²) in [5.74, 6) is 0. The average Bonchev–Trinajstić information content (AvgIpc) is 4.10. The molecule has 0 nitrogen and oxygen atoms in total. The van der Waals surface area contributed by atoms with Crippen LogP contribution in [0.3, 0.4) is 0 Å². The van der Waals surface area contributed by atoms with E-state index in [-0.39, 0.29) is 0 Å². The van der Waals surface area contributed by atoms with Crippen molar-refractivity contribution in [3.63, 3.8) is 0 Å². The van der Waals surface area contributed by atoms with Crippen molar-refractivity contribution >= 4 is 130 Å². The first kappa shape index (κ1) is 34.9. The molecule has 2 aliphatic carbocycles. The molecule has 292 valence electrons. The van der Waals surface area contributed by atoms with Crippen LogP contribution in [0.25, 0.3) is 156 Å². The van der Waals surface area contributed by atoms with Gasteiger partial charge in [0.1, 0.15) is 0 Å². The Morgan fingerprint density at radius 3 is 0.938 bits per heavy atom. The van der Waals surface area contributed by atoms with E-state index in [1.807, 2.05) is 0 Å². The third-order valence-corrected chi connectivity index (χ3v) is 21.7. The molecule has 0 saturated carbocycles. The van der Waals surface area contributed by atoms with E-state index >= 15 is 0 Å². The molecule has 2 aromatic heterocycles. The molecule has 0 spiro atoms. The second-order valence-electron chi connectivity index (χ2n) is 17.8. The standard InChI is InChI=1S/C62H32Te2/c1-3-25-57-35(15-1)41-21-9-23-43(61(41)63-57)49-31-55-54-30-48-40-20-8-14-34-12-6-18-38(60(34)40)46(48)28-52(54)50(44-24-10-22-42-36-16-2-4-26-58(36)64-62(42)44)32-56(55)53-29-47-39-19-7-13-33-11-5-17-37(59(33)39)45(47)27-51(49)53/h1-32H. The molecule has 0 fully saturated rings. The maximum absolute atomic E-state index is 2.61. The quantitative estimate of drug-likeness (QED) is 0.120. The fourth-order valence-electron chi connectivity index (χ4n) is 12.0. The fourth-order valence-corrected chi connectivity index (χ4v) is 19.0. The minimum absolute atomic E-state index is 0.595. The van der Waals surface area contributed by atoms with E-state index in [1.54, 1.807) is 13.6 Å². The second-order valence-corrected chi connectivity index (χ2v) is 23.8. The Morgan fingerprint density at radius 2 is 0.516 bits per heavy atom. The van der Waals surface area contributed by atoms with Crippen molar-refractivity contribution in [3.8, 4) is 66.8 Å². The third kappa shape index (κ3) is 4.50. The summed E-state index contributed by atoms with van der Waals surface area (Å²) in [6, 6.07) is 75.5. The molecule has 16 rings (SSSR count). The van der Waals surface area contributed by atoms with Gasteiger partial charge in [-0.3, -0.25) is 0 Å². The van der Waals surface area contributed by atoms with Gasteiger partial charge in [-0.15, -0.1) is 0 Å². The van der Waals surface area contributed by atoms with Crippen molar-refractivity contribution in [2.45, 2.75) is 0 Å². The van der Waals surface area contributed by atoms with E-state index in [4.69, 9.17) is 0 Å². The zero-order chi connectivity index (χ0) is 41.4. The number of hydrogen-bond acceptors (Lipinski definition) is 0. The van der Waals surface area contributed by atoms with Crippen molar-refractivity contribution in [1.82, 2.24) is 0 Å². The van der Waals surface area contributed by atoms with Crippen LogP contribution in [-0.4, -0.2) is 40.9 Å². The molecule has 0 amide bonds. The van der Waals surface area contributed by atoms with Gasteiger partial charge >= 0.3 is 391 Å². The van der Waals surface area contributed by atoms with Gasteiger partial charge in [0, 0.05) is 0 Å². The molecule has 0 saturated heterocycles. The molecule has 0 radical (unpaired) electrons. The summed E-state index contributed by atoms with van der Waals surface area (Å²) < 4.78 is 6.22. The van der Waals surface area contributed by atoms with Gasteiger partial charge in [0.15, 0.2) is 0 Å². The van der Waals surface area contributed by atoms with Crippen LogP contribution in [0.2, 0.25) is 0 Å². The van der Waals surface area contributed by atoms with Gasteiger partial charge in [-0.1, -0.05) is 0 Å². The summed E-state index contributed by atoms with van der Waals surface area (Å²) in [5, 5.41) is 19.1. The van der Waals surface area contributed by atoms with Gasteiger partial charge in [0.2, 0.25) is 0 Å². The SMILES string of the molecule is c1cc2c3c(cccc3c1)-c1cc3c(cc1-2)c(-c1cccc2c1[te]c1ccccc12)cc1c2cc4c(cc2c(-c2cccc5c2[te]c2ccccc25)cc31)-c1cccc2cccc-4c12.